The molecule has 2 aromatic rings. The first kappa shape index (κ1) is 17.6. The van der Waals surface area contributed by atoms with Crippen LogP contribution in [0.4, 0.5) is 0 Å². The van der Waals surface area contributed by atoms with Crippen LogP contribution in [-0.2, 0) is 19.6 Å². The molecule has 1 saturated heterocycles. The van der Waals surface area contributed by atoms with Crippen molar-refractivity contribution in [1.29, 1.82) is 0 Å². The maximum Gasteiger partial charge on any atom is 0.245 e. The normalized spacial score (nSPS) is 16.4. The summed E-state index contributed by atoms with van der Waals surface area (Å²) < 4.78 is 33.2. The molecular formula is C18H20N2O4S. The van der Waals surface area contributed by atoms with E-state index in [9.17, 15) is 13.2 Å². The van der Waals surface area contributed by atoms with Crippen LogP contribution in [0.2, 0.25) is 0 Å². The number of carbonyl (C=O) groups excluding carboxylic acids is 1. The van der Waals surface area contributed by atoms with Crippen molar-refractivity contribution >= 4 is 15.9 Å². The molecule has 0 aliphatic carbocycles. The molecule has 0 aromatic heterocycles. The maximum atomic E-state index is 13.0. The van der Waals surface area contributed by atoms with Crippen LogP contribution < -0.4 is 4.72 Å². The minimum atomic E-state index is -3.82. The lowest BCUT2D eigenvalue weighted by molar-refractivity contribution is -0.137. The summed E-state index contributed by atoms with van der Waals surface area (Å²) in [6, 6.07) is 16.0. The van der Waals surface area contributed by atoms with Gasteiger partial charge in [0.1, 0.15) is 6.04 Å². The minimum absolute atomic E-state index is 0.130. The number of rotatable bonds is 5. The summed E-state index contributed by atoms with van der Waals surface area (Å²) in [4.78, 5) is 14.7. The molecule has 2 aromatic carbocycles. The topological polar surface area (TPSA) is 75.7 Å². The molecule has 1 heterocycles. The van der Waals surface area contributed by atoms with E-state index in [0.717, 1.165) is 0 Å². The van der Waals surface area contributed by atoms with Gasteiger partial charge in [0.15, 0.2) is 0 Å². The fraction of sp³-hybridized carbons (Fsp3) is 0.278. The SMILES string of the molecule is O=C([C@@H](NS(=O)(=O)c1ccccc1)c1ccccc1)N1CCOCC1. The second-order valence-electron chi connectivity index (χ2n) is 5.72. The van der Waals surface area contributed by atoms with Gasteiger partial charge in [-0.1, -0.05) is 48.5 Å². The van der Waals surface area contributed by atoms with Crippen LogP contribution in [0.3, 0.4) is 0 Å². The summed E-state index contributed by atoms with van der Waals surface area (Å²) in [7, 11) is -3.82. The van der Waals surface area contributed by atoms with E-state index in [1.807, 2.05) is 6.07 Å². The van der Waals surface area contributed by atoms with Gasteiger partial charge in [0, 0.05) is 13.1 Å². The molecule has 7 heteroatoms. The molecule has 6 nitrogen and oxygen atoms in total. The molecule has 1 atom stereocenters. The third-order valence-corrected chi connectivity index (χ3v) is 5.47. The summed E-state index contributed by atoms with van der Waals surface area (Å²) in [5.41, 5.74) is 0.610. The Labute approximate surface area is 147 Å². The molecular weight excluding hydrogens is 340 g/mol. The van der Waals surface area contributed by atoms with Gasteiger partial charge in [-0.15, -0.1) is 0 Å². The molecule has 0 saturated carbocycles. The first-order valence-corrected chi connectivity index (χ1v) is 9.55. The second-order valence-corrected chi connectivity index (χ2v) is 7.43. The predicted octanol–water partition coefficient (Wildman–Crippen LogP) is 1.56. The van der Waals surface area contributed by atoms with E-state index in [1.165, 1.54) is 12.1 Å². The summed E-state index contributed by atoms with van der Waals surface area (Å²) in [5.74, 6) is -0.269. The molecule has 3 rings (SSSR count). The van der Waals surface area contributed by atoms with Crippen molar-refractivity contribution in [2.24, 2.45) is 0 Å². The van der Waals surface area contributed by atoms with Crippen LogP contribution in [0.25, 0.3) is 0 Å². The number of benzene rings is 2. The van der Waals surface area contributed by atoms with Crippen LogP contribution in [0.5, 0.6) is 0 Å². The number of carbonyl (C=O) groups is 1. The Bertz CT molecular complexity index is 803. The fourth-order valence-electron chi connectivity index (χ4n) is 2.70. The molecule has 132 valence electrons. The fourth-order valence-corrected chi connectivity index (χ4v) is 3.89. The van der Waals surface area contributed by atoms with Crippen molar-refractivity contribution in [2.75, 3.05) is 26.3 Å². The summed E-state index contributed by atoms with van der Waals surface area (Å²) >= 11 is 0. The Morgan fingerprint density at radius 3 is 2.12 bits per heavy atom. The van der Waals surface area contributed by atoms with E-state index in [0.29, 0.717) is 31.9 Å². The number of nitrogens with zero attached hydrogens (tertiary/aromatic N) is 1. The highest BCUT2D eigenvalue weighted by atomic mass is 32.2. The Hall–Kier alpha value is -2.22. The maximum absolute atomic E-state index is 13.0. The van der Waals surface area contributed by atoms with Crippen LogP contribution in [-0.4, -0.2) is 45.5 Å². The van der Waals surface area contributed by atoms with Crippen molar-refractivity contribution in [1.82, 2.24) is 9.62 Å². The van der Waals surface area contributed by atoms with Crippen LogP contribution >= 0.6 is 0 Å². The standard InChI is InChI=1S/C18H20N2O4S/c21-18(20-11-13-24-14-12-20)17(15-7-3-1-4-8-15)19-25(22,23)16-9-5-2-6-10-16/h1-10,17,19H,11-14H2/t17-/m0/s1. The zero-order valence-electron chi connectivity index (χ0n) is 13.7. The van der Waals surface area contributed by atoms with E-state index >= 15 is 0 Å². The smallest absolute Gasteiger partial charge is 0.245 e. The summed E-state index contributed by atoms with van der Waals surface area (Å²) in [6.07, 6.45) is 0. The minimum Gasteiger partial charge on any atom is -0.378 e. The number of hydrogen-bond acceptors (Lipinski definition) is 4. The first-order valence-electron chi connectivity index (χ1n) is 8.07. The molecule has 0 spiro atoms. The second kappa shape index (κ2) is 7.77. The van der Waals surface area contributed by atoms with Gasteiger partial charge in [-0.25, -0.2) is 8.42 Å². The van der Waals surface area contributed by atoms with Gasteiger partial charge in [0.05, 0.1) is 18.1 Å². The molecule has 25 heavy (non-hydrogen) atoms. The van der Waals surface area contributed by atoms with Gasteiger partial charge < -0.3 is 9.64 Å². The lowest BCUT2D eigenvalue weighted by Gasteiger charge is -2.30. The number of hydrogen-bond donors (Lipinski definition) is 1. The highest BCUT2D eigenvalue weighted by Gasteiger charge is 2.31. The van der Waals surface area contributed by atoms with E-state index in [-0.39, 0.29) is 10.8 Å². The Morgan fingerprint density at radius 1 is 0.960 bits per heavy atom. The number of sulfonamides is 1. The first-order chi connectivity index (χ1) is 12.1. The Balaban J connectivity index is 1.90. The zero-order chi connectivity index (χ0) is 17.7. The largest absolute Gasteiger partial charge is 0.378 e. The van der Waals surface area contributed by atoms with E-state index in [4.69, 9.17) is 4.74 Å². The van der Waals surface area contributed by atoms with E-state index in [1.54, 1.807) is 47.4 Å². The predicted molar refractivity (Wildman–Crippen MR) is 93.3 cm³/mol. The van der Waals surface area contributed by atoms with Crippen LogP contribution in [0.1, 0.15) is 11.6 Å². The van der Waals surface area contributed by atoms with Crippen molar-refractivity contribution in [3.8, 4) is 0 Å². The quantitative estimate of drug-likeness (QED) is 0.878. The van der Waals surface area contributed by atoms with Crippen molar-refractivity contribution in [3.05, 3.63) is 66.2 Å². The molecule has 1 fully saturated rings. The molecule has 0 unspecified atom stereocenters. The summed E-state index contributed by atoms with van der Waals surface area (Å²) in [5, 5.41) is 0. The monoisotopic (exact) mass is 360 g/mol. The lowest BCUT2D eigenvalue weighted by atomic mass is 10.1. The lowest BCUT2D eigenvalue weighted by Crippen LogP contribution is -2.47. The third-order valence-electron chi connectivity index (χ3n) is 4.03. The molecule has 0 radical (unpaired) electrons. The van der Waals surface area contributed by atoms with Crippen LogP contribution in [0, 0.1) is 0 Å². The van der Waals surface area contributed by atoms with Gasteiger partial charge in [-0.2, -0.15) is 4.72 Å². The number of amides is 1. The molecule has 1 aliphatic rings. The molecule has 1 aliphatic heterocycles. The van der Waals surface area contributed by atoms with E-state index in [2.05, 4.69) is 4.72 Å². The van der Waals surface area contributed by atoms with E-state index < -0.39 is 16.1 Å². The molecule has 1 amide bonds. The van der Waals surface area contributed by atoms with Gasteiger partial charge in [-0.3, -0.25) is 4.79 Å². The van der Waals surface area contributed by atoms with Gasteiger partial charge >= 0.3 is 0 Å². The van der Waals surface area contributed by atoms with Crippen molar-refractivity contribution in [3.63, 3.8) is 0 Å². The number of morpholine rings is 1. The average molecular weight is 360 g/mol. The average Bonchev–Trinajstić information content (AvgIpc) is 2.68. The highest BCUT2D eigenvalue weighted by Crippen LogP contribution is 2.20. The number of ether oxygens (including phenoxy) is 1. The van der Waals surface area contributed by atoms with Crippen molar-refractivity contribution in [2.45, 2.75) is 10.9 Å². The summed E-state index contributed by atoms with van der Waals surface area (Å²) in [6.45, 7) is 1.82. The van der Waals surface area contributed by atoms with Gasteiger partial charge in [0.25, 0.3) is 0 Å². The van der Waals surface area contributed by atoms with Crippen LogP contribution in [0.15, 0.2) is 65.6 Å². The Kier molecular flexibility index (Phi) is 5.47. The van der Waals surface area contributed by atoms with Gasteiger partial charge in [0.2, 0.25) is 15.9 Å². The number of nitrogens with one attached hydrogen (secondary N) is 1. The Morgan fingerprint density at radius 2 is 1.52 bits per heavy atom. The molecule has 0 bridgehead atoms. The highest BCUT2D eigenvalue weighted by molar-refractivity contribution is 7.89. The molecule has 1 N–H and O–H groups in total. The van der Waals surface area contributed by atoms with Gasteiger partial charge in [-0.05, 0) is 17.7 Å². The van der Waals surface area contributed by atoms with Crippen molar-refractivity contribution < 1.29 is 17.9 Å². The zero-order valence-corrected chi connectivity index (χ0v) is 14.5. The third kappa shape index (κ3) is 4.25.